The van der Waals surface area contributed by atoms with Crippen molar-refractivity contribution in [2.24, 2.45) is 23.2 Å². The predicted octanol–water partition coefficient (Wildman–Crippen LogP) is 5.62. The first-order chi connectivity index (χ1) is 9.56. The minimum absolute atomic E-state index is 0.0425. The second-order valence-electron chi connectivity index (χ2n) is 7.31. The maximum Gasteiger partial charge on any atom is 0.127 e. The van der Waals surface area contributed by atoms with E-state index in [0.29, 0.717) is 5.56 Å². The van der Waals surface area contributed by atoms with Crippen LogP contribution in [0.15, 0.2) is 18.2 Å². The van der Waals surface area contributed by atoms with E-state index in [4.69, 9.17) is 0 Å². The maximum absolute atomic E-state index is 14.1. The fourth-order valence-corrected chi connectivity index (χ4v) is 6.44. The van der Waals surface area contributed by atoms with Crippen molar-refractivity contribution in [3.8, 4) is 0 Å². The van der Waals surface area contributed by atoms with Crippen LogP contribution in [0.25, 0.3) is 0 Å². The Hall–Kier alpha value is -0.440. The fourth-order valence-electron chi connectivity index (χ4n) is 5.53. The summed E-state index contributed by atoms with van der Waals surface area (Å²) in [6.45, 7) is 0. The molecule has 0 radical (unpaired) electrons. The zero-order chi connectivity index (χ0) is 13.9. The van der Waals surface area contributed by atoms with E-state index in [1.54, 1.807) is 0 Å². The highest BCUT2D eigenvalue weighted by molar-refractivity contribution is 9.09. The predicted molar refractivity (Wildman–Crippen MR) is 78.6 cm³/mol. The van der Waals surface area contributed by atoms with Crippen molar-refractivity contribution in [3.05, 3.63) is 35.4 Å². The minimum Gasteiger partial charge on any atom is -0.207 e. The molecule has 4 aliphatic rings. The Labute approximate surface area is 127 Å². The summed E-state index contributed by atoms with van der Waals surface area (Å²) in [7, 11) is 0. The lowest BCUT2D eigenvalue weighted by molar-refractivity contribution is -0.0532. The molecule has 0 aliphatic heterocycles. The maximum atomic E-state index is 14.1. The van der Waals surface area contributed by atoms with Crippen LogP contribution in [0.3, 0.4) is 0 Å². The molecule has 1 unspecified atom stereocenters. The summed E-state index contributed by atoms with van der Waals surface area (Å²) < 4.78 is 27.6. The van der Waals surface area contributed by atoms with E-state index in [-0.39, 0.29) is 21.9 Å². The number of alkyl halides is 1. The second-order valence-corrected chi connectivity index (χ2v) is 8.22. The molecule has 0 heterocycles. The van der Waals surface area contributed by atoms with Crippen LogP contribution in [0.4, 0.5) is 8.78 Å². The number of rotatable bonds is 2. The van der Waals surface area contributed by atoms with Crippen LogP contribution in [0.2, 0.25) is 0 Å². The van der Waals surface area contributed by atoms with Crippen LogP contribution in [-0.4, -0.2) is 0 Å². The molecule has 4 aliphatic carbocycles. The van der Waals surface area contributed by atoms with Crippen molar-refractivity contribution in [2.45, 2.75) is 43.4 Å². The van der Waals surface area contributed by atoms with Gasteiger partial charge in [-0.3, -0.25) is 0 Å². The molecule has 1 aromatic rings. The van der Waals surface area contributed by atoms with Crippen molar-refractivity contribution in [1.82, 2.24) is 0 Å². The largest absolute Gasteiger partial charge is 0.207 e. The molecule has 4 saturated carbocycles. The summed E-state index contributed by atoms with van der Waals surface area (Å²) in [6, 6.07) is 3.85. The summed E-state index contributed by atoms with van der Waals surface area (Å²) in [6.07, 6.45) is 7.65. The van der Waals surface area contributed by atoms with Gasteiger partial charge in [-0.2, -0.15) is 0 Å². The Morgan fingerprint density at radius 2 is 1.55 bits per heavy atom. The van der Waals surface area contributed by atoms with Gasteiger partial charge in [0.1, 0.15) is 11.6 Å². The third kappa shape index (κ3) is 1.96. The molecule has 0 spiro atoms. The lowest BCUT2D eigenvalue weighted by atomic mass is 9.48. The number of hydrogen-bond donors (Lipinski definition) is 0. The van der Waals surface area contributed by atoms with Gasteiger partial charge < -0.3 is 0 Å². The Morgan fingerprint density at radius 1 is 1.00 bits per heavy atom. The zero-order valence-electron chi connectivity index (χ0n) is 11.4. The smallest absolute Gasteiger partial charge is 0.127 e. The molecule has 0 N–H and O–H groups in total. The first kappa shape index (κ1) is 13.2. The van der Waals surface area contributed by atoms with E-state index in [9.17, 15) is 8.78 Å². The first-order valence-corrected chi connectivity index (χ1v) is 8.56. The molecule has 0 saturated heterocycles. The normalized spacial score (nSPS) is 40.0. The molecule has 4 fully saturated rings. The number of hydrogen-bond acceptors (Lipinski definition) is 0. The minimum atomic E-state index is -0.337. The summed E-state index contributed by atoms with van der Waals surface area (Å²) in [5.41, 5.74) is 0.676. The molecule has 1 atom stereocenters. The van der Waals surface area contributed by atoms with Gasteiger partial charge in [0.2, 0.25) is 0 Å². The van der Waals surface area contributed by atoms with Crippen LogP contribution < -0.4 is 0 Å². The fraction of sp³-hybridized carbons (Fsp3) is 0.647. The standard InChI is InChI=1S/C17H19BrF2/c18-16(14-6-13(19)1-2-15(14)20)17-7-10-3-11(8-17)5-12(4-10)9-17/h1-2,6,10-12,16H,3-5,7-9H2. The highest BCUT2D eigenvalue weighted by Crippen LogP contribution is 2.66. The highest BCUT2D eigenvalue weighted by atomic mass is 79.9. The third-order valence-corrected chi connectivity index (χ3v) is 7.32. The quantitative estimate of drug-likeness (QED) is 0.613. The van der Waals surface area contributed by atoms with Crippen molar-refractivity contribution >= 4 is 15.9 Å². The van der Waals surface area contributed by atoms with E-state index in [1.165, 1.54) is 56.7 Å². The van der Waals surface area contributed by atoms with Gasteiger partial charge in [0.15, 0.2) is 0 Å². The van der Waals surface area contributed by atoms with Crippen molar-refractivity contribution < 1.29 is 8.78 Å². The van der Waals surface area contributed by atoms with Crippen molar-refractivity contribution in [1.29, 1.82) is 0 Å². The third-order valence-electron chi connectivity index (χ3n) is 5.85. The molecule has 1 aromatic carbocycles. The summed E-state index contributed by atoms with van der Waals surface area (Å²) in [5, 5.41) is 0. The molecule has 4 bridgehead atoms. The lowest BCUT2D eigenvalue weighted by Gasteiger charge is -2.58. The summed E-state index contributed by atoms with van der Waals surface area (Å²) in [5.74, 6) is 1.84. The summed E-state index contributed by atoms with van der Waals surface area (Å²) >= 11 is 3.75. The van der Waals surface area contributed by atoms with E-state index in [2.05, 4.69) is 15.9 Å². The van der Waals surface area contributed by atoms with Crippen LogP contribution in [0.1, 0.15) is 48.9 Å². The molecule has 20 heavy (non-hydrogen) atoms. The molecule has 0 aromatic heterocycles. The molecule has 3 heteroatoms. The SMILES string of the molecule is Fc1ccc(F)c(C(Br)C23CC4CC(CC(C4)C2)C3)c1. The Kier molecular flexibility index (Phi) is 3.00. The number of halogens is 3. The Balaban J connectivity index is 1.71. The van der Waals surface area contributed by atoms with Gasteiger partial charge in [-0.25, -0.2) is 8.78 Å². The van der Waals surface area contributed by atoms with E-state index < -0.39 is 0 Å². The molecule has 5 rings (SSSR count). The molecular formula is C17H19BrF2. The van der Waals surface area contributed by atoms with Gasteiger partial charge in [-0.1, -0.05) is 15.9 Å². The van der Waals surface area contributed by atoms with Gasteiger partial charge in [-0.05, 0) is 79.9 Å². The number of benzene rings is 1. The lowest BCUT2D eigenvalue weighted by Crippen LogP contribution is -2.47. The van der Waals surface area contributed by atoms with Gasteiger partial charge in [-0.15, -0.1) is 0 Å². The van der Waals surface area contributed by atoms with Crippen molar-refractivity contribution in [3.63, 3.8) is 0 Å². The van der Waals surface area contributed by atoms with Crippen molar-refractivity contribution in [2.75, 3.05) is 0 Å². The van der Waals surface area contributed by atoms with Crippen LogP contribution >= 0.6 is 15.9 Å². The van der Waals surface area contributed by atoms with Gasteiger partial charge in [0, 0.05) is 10.4 Å². The Bertz CT molecular complexity index is 505. The molecule has 0 nitrogen and oxygen atoms in total. The topological polar surface area (TPSA) is 0 Å². The van der Waals surface area contributed by atoms with Crippen LogP contribution in [-0.2, 0) is 0 Å². The first-order valence-electron chi connectivity index (χ1n) is 7.65. The van der Waals surface area contributed by atoms with E-state index in [0.717, 1.165) is 17.8 Å². The molecular weight excluding hydrogens is 322 g/mol. The second kappa shape index (κ2) is 4.53. The van der Waals surface area contributed by atoms with E-state index in [1.807, 2.05) is 0 Å². The van der Waals surface area contributed by atoms with Crippen LogP contribution in [0.5, 0.6) is 0 Å². The Morgan fingerprint density at radius 3 is 2.10 bits per heavy atom. The molecule has 108 valence electrons. The monoisotopic (exact) mass is 340 g/mol. The van der Waals surface area contributed by atoms with E-state index >= 15 is 0 Å². The van der Waals surface area contributed by atoms with Crippen LogP contribution in [0, 0.1) is 34.8 Å². The highest BCUT2D eigenvalue weighted by Gasteiger charge is 2.54. The summed E-state index contributed by atoms with van der Waals surface area (Å²) in [4.78, 5) is -0.0425. The molecule has 0 amide bonds. The van der Waals surface area contributed by atoms with Gasteiger partial charge in [0.05, 0.1) is 0 Å². The zero-order valence-corrected chi connectivity index (χ0v) is 13.0. The average Bonchev–Trinajstić information content (AvgIpc) is 2.39. The average molecular weight is 341 g/mol. The van der Waals surface area contributed by atoms with Gasteiger partial charge in [0.25, 0.3) is 0 Å². The van der Waals surface area contributed by atoms with Gasteiger partial charge >= 0.3 is 0 Å².